The molecule has 1 aromatic rings. The first kappa shape index (κ1) is 14.7. The average Bonchev–Trinajstić information content (AvgIpc) is 2.77. The molecule has 0 aromatic carbocycles. The van der Waals surface area contributed by atoms with Crippen LogP contribution in [0.3, 0.4) is 0 Å². The Morgan fingerprint density at radius 2 is 2.22 bits per heavy atom. The molecule has 0 aliphatic carbocycles. The highest BCUT2D eigenvalue weighted by Crippen LogP contribution is 2.15. The first-order valence-electron chi connectivity index (χ1n) is 5.51. The maximum absolute atomic E-state index is 12.2. The molecule has 0 bridgehead atoms. The topological polar surface area (TPSA) is 92.5 Å². The van der Waals surface area contributed by atoms with Crippen molar-refractivity contribution in [2.45, 2.75) is 25.4 Å². The van der Waals surface area contributed by atoms with Gasteiger partial charge in [-0.3, -0.25) is 9.48 Å². The summed E-state index contributed by atoms with van der Waals surface area (Å²) in [5.74, 6) is -1.79. The van der Waals surface area contributed by atoms with E-state index in [0.29, 0.717) is 6.54 Å². The fourth-order valence-electron chi connectivity index (χ4n) is 1.50. The lowest BCUT2D eigenvalue weighted by Gasteiger charge is -2.19. The molecule has 0 spiro atoms. The van der Waals surface area contributed by atoms with Crippen molar-refractivity contribution in [2.24, 2.45) is 5.92 Å². The number of rotatable bonds is 6. The van der Waals surface area contributed by atoms with E-state index < -0.39 is 21.9 Å². The highest BCUT2D eigenvalue weighted by Gasteiger charge is 2.27. The molecule has 102 valence electrons. The van der Waals surface area contributed by atoms with Crippen LogP contribution in [0.5, 0.6) is 0 Å². The summed E-state index contributed by atoms with van der Waals surface area (Å²) in [6.07, 6.45) is 1.41. The molecule has 0 aliphatic rings. The van der Waals surface area contributed by atoms with Crippen molar-refractivity contribution in [3.63, 3.8) is 0 Å². The molecule has 7 nitrogen and oxygen atoms in total. The lowest BCUT2D eigenvalue weighted by Crippen LogP contribution is -2.34. The molecule has 1 atom stereocenters. The third-order valence-electron chi connectivity index (χ3n) is 2.60. The van der Waals surface area contributed by atoms with Crippen molar-refractivity contribution < 1.29 is 18.3 Å². The maximum atomic E-state index is 12.2. The van der Waals surface area contributed by atoms with Crippen LogP contribution in [0, 0.1) is 5.92 Å². The molecule has 0 aliphatic heterocycles. The van der Waals surface area contributed by atoms with Crippen molar-refractivity contribution in [3.8, 4) is 0 Å². The van der Waals surface area contributed by atoms with Crippen LogP contribution in [0.4, 0.5) is 0 Å². The number of hydrogen-bond donors (Lipinski definition) is 1. The van der Waals surface area contributed by atoms with Crippen LogP contribution in [0.15, 0.2) is 17.3 Å². The Balaban J connectivity index is 2.97. The van der Waals surface area contributed by atoms with E-state index in [-0.39, 0.29) is 11.6 Å². The Kier molecular flexibility index (Phi) is 4.47. The molecule has 0 saturated heterocycles. The maximum Gasteiger partial charge on any atom is 0.307 e. The Bertz CT molecular complexity index is 523. The summed E-state index contributed by atoms with van der Waals surface area (Å²) in [7, 11) is -2.33. The molecule has 0 fully saturated rings. The molecule has 1 heterocycles. The van der Waals surface area contributed by atoms with E-state index in [1.165, 1.54) is 30.9 Å². The molecule has 0 saturated carbocycles. The molecular weight excluding hydrogens is 258 g/mol. The molecule has 1 unspecified atom stereocenters. The van der Waals surface area contributed by atoms with Gasteiger partial charge in [0.15, 0.2) is 5.03 Å². The number of sulfonamides is 1. The predicted octanol–water partition coefficient (Wildman–Crippen LogP) is 0.244. The number of nitrogens with zero attached hydrogens (tertiary/aromatic N) is 3. The first-order chi connectivity index (χ1) is 8.30. The summed E-state index contributed by atoms with van der Waals surface area (Å²) in [4.78, 5) is 10.7. The van der Waals surface area contributed by atoms with Crippen LogP contribution in [0.25, 0.3) is 0 Å². The van der Waals surface area contributed by atoms with Crippen molar-refractivity contribution >= 4 is 16.0 Å². The highest BCUT2D eigenvalue weighted by molar-refractivity contribution is 7.89. The molecule has 1 N–H and O–H groups in total. The van der Waals surface area contributed by atoms with Gasteiger partial charge in [-0.25, -0.2) is 8.42 Å². The van der Waals surface area contributed by atoms with Crippen molar-refractivity contribution in [2.75, 3.05) is 13.6 Å². The Morgan fingerprint density at radius 1 is 1.61 bits per heavy atom. The van der Waals surface area contributed by atoms with Gasteiger partial charge in [-0.2, -0.15) is 9.40 Å². The quantitative estimate of drug-likeness (QED) is 0.803. The van der Waals surface area contributed by atoms with Crippen LogP contribution in [-0.4, -0.2) is 47.2 Å². The van der Waals surface area contributed by atoms with Crippen molar-refractivity contribution in [1.82, 2.24) is 14.1 Å². The van der Waals surface area contributed by atoms with Crippen LogP contribution in [0.1, 0.15) is 13.8 Å². The van der Waals surface area contributed by atoms with E-state index in [2.05, 4.69) is 5.10 Å². The number of carboxylic acids is 1. The zero-order valence-electron chi connectivity index (χ0n) is 10.6. The lowest BCUT2D eigenvalue weighted by molar-refractivity contribution is -0.141. The van der Waals surface area contributed by atoms with Gasteiger partial charge in [0, 0.05) is 20.1 Å². The third kappa shape index (κ3) is 2.88. The van der Waals surface area contributed by atoms with Gasteiger partial charge in [-0.1, -0.05) is 6.92 Å². The van der Waals surface area contributed by atoms with E-state index in [9.17, 15) is 13.2 Å². The Hall–Kier alpha value is -1.41. The first-order valence-corrected chi connectivity index (χ1v) is 6.95. The molecular formula is C10H17N3O4S. The monoisotopic (exact) mass is 275 g/mol. The fourth-order valence-corrected chi connectivity index (χ4v) is 2.91. The summed E-state index contributed by atoms with van der Waals surface area (Å²) in [5.41, 5.74) is 0. The third-order valence-corrected chi connectivity index (χ3v) is 4.45. The van der Waals surface area contributed by atoms with Crippen LogP contribution < -0.4 is 0 Å². The normalized spacial score (nSPS) is 13.8. The second-order valence-corrected chi connectivity index (χ2v) is 6.00. The highest BCUT2D eigenvalue weighted by atomic mass is 32.2. The van der Waals surface area contributed by atoms with Crippen LogP contribution in [0.2, 0.25) is 0 Å². The molecule has 1 aromatic heterocycles. The van der Waals surface area contributed by atoms with Crippen molar-refractivity contribution in [3.05, 3.63) is 12.3 Å². The zero-order chi connectivity index (χ0) is 13.9. The molecule has 0 amide bonds. The SMILES string of the molecule is CCn1nccc1S(=O)(=O)N(C)CC(C)C(=O)O. The molecule has 1 rings (SSSR count). The van der Waals surface area contributed by atoms with Crippen molar-refractivity contribution in [1.29, 1.82) is 0 Å². The smallest absolute Gasteiger partial charge is 0.307 e. The van der Waals surface area contributed by atoms with E-state index in [1.54, 1.807) is 6.92 Å². The fraction of sp³-hybridized carbons (Fsp3) is 0.600. The van der Waals surface area contributed by atoms with E-state index >= 15 is 0 Å². The molecule has 0 radical (unpaired) electrons. The standard InChI is InChI=1S/C10H17N3O4S/c1-4-13-9(5-6-11-13)18(16,17)12(3)7-8(2)10(14)15/h5-6,8H,4,7H2,1-3H3,(H,14,15). The summed E-state index contributed by atoms with van der Waals surface area (Å²) < 4.78 is 26.8. The van der Waals surface area contributed by atoms with Gasteiger partial charge < -0.3 is 5.11 Å². The van der Waals surface area contributed by atoms with E-state index in [1.807, 2.05) is 0 Å². The number of carboxylic acid groups (broad SMARTS) is 1. The zero-order valence-corrected chi connectivity index (χ0v) is 11.4. The summed E-state index contributed by atoms with van der Waals surface area (Å²) in [5, 5.41) is 12.8. The van der Waals surface area contributed by atoms with E-state index in [4.69, 9.17) is 5.11 Å². The summed E-state index contributed by atoms with van der Waals surface area (Å²) >= 11 is 0. The minimum Gasteiger partial charge on any atom is -0.481 e. The van der Waals surface area contributed by atoms with Gasteiger partial charge in [-0.15, -0.1) is 0 Å². The predicted molar refractivity (Wildman–Crippen MR) is 64.5 cm³/mol. The number of aryl methyl sites for hydroxylation is 1. The molecule has 18 heavy (non-hydrogen) atoms. The molecule has 8 heteroatoms. The second-order valence-electron chi connectivity index (χ2n) is 4.01. The summed E-state index contributed by atoms with van der Waals surface area (Å²) in [6, 6.07) is 1.40. The second kappa shape index (κ2) is 5.49. The summed E-state index contributed by atoms with van der Waals surface area (Å²) in [6.45, 7) is 3.60. The number of aliphatic carboxylic acids is 1. The van der Waals surface area contributed by atoms with Gasteiger partial charge in [0.25, 0.3) is 10.0 Å². The average molecular weight is 275 g/mol. The number of aromatic nitrogens is 2. The van der Waals surface area contributed by atoms with Crippen LogP contribution >= 0.6 is 0 Å². The Morgan fingerprint density at radius 3 is 2.72 bits per heavy atom. The lowest BCUT2D eigenvalue weighted by atomic mass is 10.2. The minimum absolute atomic E-state index is 0.0742. The van der Waals surface area contributed by atoms with Gasteiger partial charge in [0.1, 0.15) is 0 Å². The van der Waals surface area contributed by atoms with Gasteiger partial charge in [0.05, 0.1) is 12.1 Å². The Labute approximate surface area is 106 Å². The van der Waals surface area contributed by atoms with Gasteiger partial charge in [0.2, 0.25) is 0 Å². The van der Waals surface area contributed by atoms with Gasteiger partial charge >= 0.3 is 5.97 Å². The van der Waals surface area contributed by atoms with Gasteiger partial charge in [-0.05, 0) is 13.0 Å². The van der Waals surface area contributed by atoms with Crippen LogP contribution in [-0.2, 0) is 21.4 Å². The number of carbonyl (C=O) groups is 1. The van der Waals surface area contributed by atoms with E-state index in [0.717, 1.165) is 4.31 Å². The largest absolute Gasteiger partial charge is 0.481 e. The number of hydrogen-bond acceptors (Lipinski definition) is 4. The minimum atomic E-state index is -3.70.